The van der Waals surface area contributed by atoms with Gasteiger partial charge in [0.2, 0.25) is 0 Å². The zero-order valence-electron chi connectivity index (χ0n) is 21.4. The van der Waals surface area contributed by atoms with E-state index in [2.05, 4.69) is 16.0 Å². The Morgan fingerprint density at radius 1 is 0.892 bits per heavy atom. The topological polar surface area (TPSA) is 141 Å². The molecule has 0 aromatic heterocycles. The maximum Gasteiger partial charge on any atom is 0.408 e. The lowest BCUT2D eigenvalue weighted by atomic mass is 10.2. The van der Waals surface area contributed by atoms with Gasteiger partial charge in [0.1, 0.15) is 30.6 Å². The van der Waals surface area contributed by atoms with E-state index in [1.165, 1.54) is 7.11 Å². The van der Waals surface area contributed by atoms with Crippen LogP contribution in [-0.4, -0.2) is 62.5 Å². The van der Waals surface area contributed by atoms with E-state index >= 15 is 0 Å². The van der Waals surface area contributed by atoms with Crippen LogP contribution in [0.5, 0.6) is 5.75 Å². The largest absolute Gasteiger partial charge is 0.492 e. The van der Waals surface area contributed by atoms with Crippen molar-refractivity contribution in [2.45, 2.75) is 39.0 Å². The number of hydrogen-bond acceptors (Lipinski definition) is 8. The van der Waals surface area contributed by atoms with Crippen molar-refractivity contribution in [3.8, 4) is 5.75 Å². The molecule has 0 saturated carbocycles. The molecule has 0 aliphatic heterocycles. The number of benzene rings is 2. The van der Waals surface area contributed by atoms with Crippen LogP contribution in [-0.2, 0) is 25.6 Å². The SMILES string of the molecule is COC(=O)[C@H](CNC(=O)c1ccc(OCCNC(=O)OC(C)(C)C)cc1)NC(=O)OCc1ccccc1. The van der Waals surface area contributed by atoms with Gasteiger partial charge in [0.25, 0.3) is 5.91 Å². The van der Waals surface area contributed by atoms with Gasteiger partial charge >= 0.3 is 18.2 Å². The molecule has 0 spiro atoms. The molecule has 0 fully saturated rings. The van der Waals surface area contributed by atoms with Gasteiger partial charge in [0.15, 0.2) is 0 Å². The average molecular weight is 516 g/mol. The lowest BCUT2D eigenvalue weighted by Gasteiger charge is -2.19. The molecule has 2 aromatic carbocycles. The minimum absolute atomic E-state index is 0.0262. The van der Waals surface area contributed by atoms with Crippen molar-refractivity contribution < 1.29 is 38.1 Å². The summed E-state index contributed by atoms with van der Waals surface area (Å²) >= 11 is 0. The smallest absolute Gasteiger partial charge is 0.408 e. The second kappa shape index (κ2) is 14.3. The summed E-state index contributed by atoms with van der Waals surface area (Å²) in [5.74, 6) is -0.704. The number of carbonyl (C=O) groups is 4. The number of methoxy groups -OCH3 is 1. The van der Waals surface area contributed by atoms with E-state index in [1.54, 1.807) is 57.2 Å². The fourth-order valence-electron chi connectivity index (χ4n) is 2.88. The van der Waals surface area contributed by atoms with E-state index in [0.717, 1.165) is 5.56 Å². The molecule has 0 radical (unpaired) electrons. The monoisotopic (exact) mass is 515 g/mol. The van der Waals surface area contributed by atoms with Crippen molar-refractivity contribution in [1.82, 2.24) is 16.0 Å². The lowest BCUT2D eigenvalue weighted by molar-refractivity contribution is -0.142. The van der Waals surface area contributed by atoms with Gasteiger partial charge in [-0.15, -0.1) is 0 Å². The third-order valence-electron chi connectivity index (χ3n) is 4.61. The van der Waals surface area contributed by atoms with Gasteiger partial charge in [-0.25, -0.2) is 14.4 Å². The summed E-state index contributed by atoms with van der Waals surface area (Å²) in [6.07, 6.45) is -1.36. The first-order valence-electron chi connectivity index (χ1n) is 11.6. The first kappa shape index (κ1) is 29.0. The fourth-order valence-corrected chi connectivity index (χ4v) is 2.88. The van der Waals surface area contributed by atoms with Crippen molar-refractivity contribution in [2.75, 3.05) is 26.8 Å². The molecule has 11 nitrogen and oxygen atoms in total. The summed E-state index contributed by atoms with van der Waals surface area (Å²) in [6.45, 7) is 5.58. The Balaban J connectivity index is 1.78. The summed E-state index contributed by atoms with van der Waals surface area (Å²) in [7, 11) is 1.18. The predicted molar refractivity (Wildman–Crippen MR) is 134 cm³/mol. The molecular weight excluding hydrogens is 482 g/mol. The predicted octanol–water partition coefficient (Wildman–Crippen LogP) is 2.79. The van der Waals surface area contributed by atoms with Crippen LogP contribution >= 0.6 is 0 Å². The highest BCUT2D eigenvalue weighted by Gasteiger charge is 2.23. The van der Waals surface area contributed by atoms with Gasteiger partial charge < -0.3 is 34.9 Å². The number of amides is 3. The number of ether oxygens (including phenoxy) is 4. The Labute approximate surface area is 215 Å². The van der Waals surface area contributed by atoms with Gasteiger partial charge in [-0.1, -0.05) is 30.3 Å². The van der Waals surface area contributed by atoms with Crippen molar-refractivity contribution in [2.24, 2.45) is 0 Å². The number of carbonyl (C=O) groups excluding carboxylic acids is 4. The van der Waals surface area contributed by atoms with Gasteiger partial charge in [0.05, 0.1) is 13.7 Å². The summed E-state index contributed by atoms with van der Waals surface area (Å²) in [5.41, 5.74) is 0.516. The zero-order chi connectivity index (χ0) is 27.3. The Morgan fingerprint density at radius 2 is 1.57 bits per heavy atom. The van der Waals surface area contributed by atoms with E-state index in [4.69, 9.17) is 18.9 Å². The van der Waals surface area contributed by atoms with E-state index in [-0.39, 0.29) is 26.3 Å². The highest BCUT2D eigenvalue weighted by atomic mass is 16.6. The van der Waals surface area contributed by atoms with Crippen LogP contribution in [0.1, 0.15) is 36.7 Å². The highest BCUT2D eigenvalue weighted by Crippen LogP contribution is 2.12. The second-order valence-electron chi connectivity index (χ2n) is 8.79. The third-order valence-corrected chi connectivity index (χ3v) is 4.61. The molecule has 2 rings (SSSR count). The maximum atomic E-state index is 12.5. The molecule has 0 aliphatic rings. The van der Waals surface area contributed by atoms with Crippen LogP contribution in [0.2, 0.25) is 0 Å². The molecule has 0 aliphatic carbocycles. The molecule has 200 valence electrons. The molecular formula is C26H33N3O8. The Morgan fingerprint density at radius 3 is 2.19 bits per heavy atom. The molecule has 0 saturated heterocycles. The number of nitrogens with one attached hydrogen (secondary N) is 3. The molecule has 37 heavy (non-hydrogen) atoms. The molecule has 1 atom stereocenters. The highest BCUT2D eigenvalue weighted by molar-refractivity contribution is 5.94. The zero-order valence-corrected chi connectivity index (χ0v) is 21.4. The summed E-state index contributed by atoms with van der Waals surface area (Å²) in [6, 6.07) is 14.2. The first-order valence-corrected chi connectivity index (χ1v) is 11.6. The Hall–Kier alpha value is -4.28. The van der Waals surface area contributed by atoms with Crippen LogP contribution in [0, 0.1) is 0 Å². The molecule has 2 aromatic rings. The van der Waals surface area contributed by atoms with Crippen molar-refractivity contribution in [3.05, 3.63) is 65.7 Å². The van der Waals surface area contributed by atoms with Crippen molar-refractivity contribution in [3.63, 3.8) is 0 Å². The minimum Gasteiger partial charge on any atom is -0.492 e. The molecule has 3 amide bonds. The Bertz CT molecular complexity index is 1040. The van der Waals surface area contributed by atoms with Gasteiger partial charge in [-0.05, 0) is 50.6 Å². The number of rotatable bonds is 11. The van der Waals surface area contributed by atoms with Crippen LogP contribution in [0.25, 0.3) is 0 Å². The van der Waals surface area contributed by atoms with E-state index in [1.807, 2.05) is 18.2 Å². The average Bonchev–Trinajstić information content (AvgIpc) is 2.87. The van der Waals surface area contributed by atoms with E-state index in [9.17, 15) is 19.2 Å². The number of esters is 1. The summed E-state index contributed by atoms with van der Waals surface area (Å²) in [4.78, 5) is 48.3. The second-order valence-corrected chi connectivity index (χ2v) is 8.79. The number of alkyl carbamates (subject to hydrolysis) is 2. The van der Waals surface area contributed by atoms with E-state index in [0.29, 0.717) is 11.3 Å². The van der Waals surface area contributed by atoms with Crippen LogP contribution < -0.4 is 20.7 Å². The molecule has 0 bridgehead atoms. The molecule has 11 heteroatoms. The lowest BCUT2D eigenvalue weighted by Crippen LogP contribution is -2.49. The maximum absolute atomic E-state index is 12.5. The van der Waals surface area contributed by atoms with Crippen LogP contribution in [0.15, 0.2) is 54.6 Å². The molecule has 0 heterocycles. The normalized spacial score (nSPS) is 11.5. The summed E-state index contributed by atoms with van der Waals surface area (Å²) in [5, 5.41) is 7.56. The Kier molecular flexibility index (Phi) is 11.2. The standard InChI is InChI=1S/C26H33N3O8/c1-26(2,3)37-24(32)27-14-15-35-20-12-10-19(11-13-20)22(30)28-16-21(23(31)34-4)29-25(33)36-17-18-8-6-5-7-9-18/h5-13,21H,14-17H2,1-4H3,(H,27,32)(H,28,30)(H,29,33)/t21-/m0/s1. The molecule has 0 unspecified atom stereocenters. The van der Waals surface area contributed by atoms with Crippen molar-refractivity contribution in [1.29, 1.82) is 0 Å². The number of hydrogen-bond donors (Lipinski definition) is 3. The quantitative estimate of drug-likeness (QED) is 0.236. The van der Waals surface area contributed by atoms with Gasteiger partial charge in [0, 0.05) is 12.1 Å². The van der Waals surface area contributed by atoms with E-state index < -0.39 is 35.7 Å². The van der Waals surface area contributed by atoms with Crippen LogP contribution in [0.3, 0.4) is 0 Å². The fraction of sp³-hybridized carbons (Fsp3) is 0.385. The molecule has 3 N–H and O–H groups in total. The third kappa shape index (κ3) is 11.3. The summed E-state index contributed by atoms with van der Waals surface area (Å²) < 4.78 is 20.5. The first-order chi connectivity index (χ1) is 17.6. The van der Waals surface area contributed by atoms with Crippen LogP contribution in [0.4, 0.5) is 9.59 Å². The minimum atomic E-state index is -1.14. The van der Waals surface area contributed by atoms with Gasteiger partial charge in [-0.3, -0.25) is 4.79 Å². The van der Waals surface area contributed by atoms with Gasteiger partial charge in [-0.2, -0.15) is 0 Å². The van der Waals surface area contributed by atoms with Crippen molar-refractivity contribution >= 4 is 24.1 Å².